The van der Waals surface area contributed by atoms with Gasteiger partial charge >= 0.3 is 0 Å². The summed E-state index contributed by atoms with van der Waals surface area (Å²) in [6.07, 6.45) is 1.41. The third kappa shape index (κ3) is 5.45. The Labute approximate surface area is 169 Å². The molecule has 0 aliphatic carbocycles. The number of methoxy groups -OCH3 is 1. The predicted molar refractivity (Wildman–Crippen MR) is 105 cm³/mol. The van der Waals surface area contributed by atoms with Crippen molar-refractivity contribution < 1.29 is 19.4 Å². The van der Waals surface area contributed by atoms with Crippen LogP contribution in [0.5, 0.6) is 17.2 Å². The molecule has 0 radical (unpaired) electrons. The number of amides is 1. The Morgan fingerprint density at radius 2 is 1.84 bits per heavy atom. The highest BCUT2D eigenvalue weighted by Crippen LogP contribution is 2.38. The molecule has 1 amide bonds. The maximum atomic E-state index is 11.8. The number of phenolic OH excluding ortho intramolecular Hbond substituents is 1. The van der Waals surface area contributed by atoms with Gasteiger partial charge in [0.05, 0.1) is 22.3 Å². The lowest BCUT2D eigenvalue weighted by molar-refractivity contribution is -0.123. The average molecular weight is 537 g/mol. The minimum atomic E-state index is -0.416. The van der Waals surface area contributed by atoms with E-state index in [-0.39, 0.29) is 12.4 Å². The first-order valence-corrected chi connectivity index (χ1v) is 9.25. The van der Waals surface area contributed by atoms with Crippen LogP contribution >= 0.6 is 47.8 Å². The fourth-order valence-corrected chi connectivity index (χ4v) is 4.06. The SMILES string of the molecule is COc1ccc(OCC(=O)N/N=C\c2c(Br)cc(Br)c(O)c2Br)cc1. The molecule has 0 unspecified atom stereocenters. The second-order valence-corrected chi connectivity index (χ2v) is 7.18. The van der Waals surface area contributed by atoms with Gasteiger partial charge in [-0.15, -0.1) is 0 Å². The Bertz CT molecular complexity index is 795. The summed E-state index contributed by atoms with van der Waals surface area (Å²) >= 11 is 9.86. The maximum Gasteiger partial charge on any atom is 0.277 e. The minimum absolute atomic E-state index is 0.0406. The number of phenols is 1. The van der Waals surface area contributed by atoms with Gasteiger partial charge in [0, 0.05) is 10.0 Å². The van der Waals surface area contributed by atoms with Crippen molar-refractivity contribution in [2.24, 2.45) is 5.10 Å². The van der Waals surface area contributed by atoms with Crippen LogP contribution in [0.25, 0.3) is 0 Å². The van der Waals surface area contributed by atoms with Crippen molar-refractivity contribution >= 4 is 59.9 Å². The summed E-state index contributed by atoms with van der Waals surface area (Å²) in [5.41, 5.74) is 2.94. The summed E-state index contributed by atoms with van der Waals surface area (Å²) in [4.78, 5) is 11.8. The van der Waals surface area contributed by atoms with Gasteiger partial charge in [0.1, 0.15) is 17.2 Å². The Morgan fingerprint density at radius 1 is 1.20 bits per heavy atom. The molecule has 0 heterocycles. The van der Waals surface area contributed by atoms with Crippen LogP contribution in [0.4, 0.5) is 0 Å². The molecule has 0 bridgehead atoms. The first-order valence-electron chi connectivity index (χ1n) is 6.87. The number of ether oxygens (including phenoxy) is 2. The van der Waals surface area contributed by atoms with Crippen LogP contribution < -0.4 is 14.9 Å². The molecule has 0 aliphatic heterocycles. The number of benzene rings is 2. The summed E-state index contributed by atoms with van der Waals surface area (Å²) in [6.45, 7) is -0.183. The third-order valence-electron chi connectivity index (χ3n) is 2.99. The fraction of sp³-hybridized carbons (Fsp3) is 0.125. The molecule has 2 N–H and O–H groups in total. The largest absolute Gasteiger partial charge is 0.506 e. The van der Waals surface area contributed by atoms with E-state index in [1.807, 2.05) is 0 Å². The molecule has 2 aromatic rings. The number of nitrogens with zero attached hydrogens (tertiary/aromatic N) is 1. The van der Waals surface area contributed by atoms with Crippen molar-refractivity contribution in [2.75, 3.05) is 13.7 Å². The molecule has 25 heavy (non-hydrogen) atoms. The summed E-state index contributed by atoms with van der Waals surface area (Å²) in [6, 6.07) is 8.55. The summed E-state index contributed by atoms with van der Waals surface area (Å²) in [5.74, 6) is 0.873. The quantitative estimate of drug-likeness (QED) is 0.428. The zero-order valence-electron chi connectivity index (χ0n) is 12.9. The molecule has 9 heteroatoms. The Kier molecular flexibility index (Phi) is 7.27. The molecular weight excluding hydrogens is 524 g/mol. The van der Waals surface area contributed by atoms with E-state index in [4.69, 9.17) is 9.47 Å². The second kappa shape index (κ2) is 9.21. The van der Waals surface area contributed by atoms with E-state index >= 15 is 0 Å². The van der Waals surface area contributed by atoms with Gasteiger partial charge in [0.2, 0.25) is 0 Å². The number of nitrogens with one attached hydrogen (secondary N) is 1. The topological polar surface area (TPSA) is 80.2 Å². The van der Waals surface area contributed by atoms with Crippen molar-refractivity contribution in [3.8, 4) is 17.2 Å². The Morgan fingerprint density at radius 3 is 2.48 bits per heavy atom. The molecule has 2 aromatic carbocycles. The first kappa shape index (κ1) is 19.7. The van der Waals surface area contributed by atoms with Crippen molar-refractivity contribution in [1.29, 1.82) is 0 Å². The van der Waals surface area contributed by atoms with Gasteiger partial charge in [-0.1, -0.05) is 15.9 Å². The molecule has 0 aliphatic rings. The first-order chi connectivity index (χ1) is 11.9. The van der Waals surface area contributed by atoms with E-state index in [0.29, 0.717) is 30.5 Å². The van der Waals surface area contributed by atoms with Gasteiger partial charge < -0.3 is 14.6 Å². The summed E-state index contributed by atoms with van der Waals surface area (Å²) in [7, 11) is 1.57. The lowest BCUT2D eigenvalue weighted by Crippen LogP contribution is -2.24. The van der Waals surface area contributed by atoms with Gasteiger partial charge in [-0.2, -0.15) is 5.10 Å². The molecule has 0 atom stereocenters. The molecule has 0 saturated carbocycles. The van der Waals surface area contributed by atoms with Crippen molar-refractivity contribution in [1.82, 2.24) is 5.43 Å². The van der Waals surface area contributed by atoms with Gasteiger partial charge in [0.15, 0.2) is 6.61 Å². The number of rotatable bonds is 6. The molecule has 0 aromatic heterocycles. The van der Waals surface area contributed by atoms with E-state index in [2.05, 4.69) is 58.3 Å². The van der Waals surface area contributed by atoms with Gasteiger partial charge in [-0.25, -0.2) is 5.43 Å². The number of hydrazone groups is 1. The highest BCUT2D eigenvalue weighted by molar-refractivity contribution is 9.11. The Balaban J connectivity index is 1.91. The molecule has 6 nitrogen and oxygen atoms in total. The number of halogens is 3. The van der Waals surface area contributed by atoms with Crippen LogP contribution in [0.1, 0.15) is 5.56 Å². The number of carbonyl (C=O) groups excluding carboxylic acids is 1. The average Bonchev–Trinajstić information content (AvgIpc) is 2.61. The van der Waals surface area contributed by atoms with E-state index in [1.54, 1.807) is 37.4 Å². The van der Waals surface area contributed by atoms with Gasteiger partial charge in [-0.05, 0) is 62.2 Å². The standard InChI is InChI=1S/C16H13Br3N2O4/c1-24-9-2-4-10(5-3-9)25-8-14(22)21-20-7-11-12(17)6-13(18)16(23)15(11)19/h2-7,23H,8H2,1H3,(H,21,22)/b20-7-. The lowest BCUT2D eigenvalue weighted by atomic mass is 10.2. The second-order valence-electron chi connectivity index (χ2n) is 4.67. The number of hydrogen-bond donors (Lipinski definition) is 2. The monoisotopic (exact) mass is 534 g/mol. The van der Waals surface area contributed by atoms with Crippen molar-refractivity contribution in [2.45, 2.75) is 0 Å². The minimum Gasteiger partial charge on any atom is -0.506 e. The van der Waals surface area contributed by atoms with Crippen molar-refractivity contribution in [3.63, 3.8) is 0 Å². The van der Waals surface area contributed by atoms with Crippen LogP contribution in [-0.2, 0) is 4.79 Å². The molecule has 132 valence electrons. The normalized spacial score (nSPS) is 10.7. The van der Waals surface area contributed by atoms with Crippen LogP contribution in [0.3, 0.4) is 0 Å². The van der Waals surface area contributed by atoms with Gasteiger partial charge in [-0.3, -0.25) is 4.79 Å². The number of aromatic hydroxyl groups is 1. The van der Waals surface area contributed by atoms with E-state index in [0.717, 1.165) is 0 Å². The van der Waals surface area contributed by atoms with E-state index < -0.39 is 5.91 Å². The lowest BCUT2D eigenvalue weighted by Gasteiger charge is -2.07. The number of hydrogen-bond acceptors (Lipinski definition) is 5. The maximum absolute atomic E-state index is 11.8. The van der Waals surface area contributed by atoms with Crippen LogP contribution in [-0.4, -0.2) is 30.9 Å². The van der Waals surface area contributed by atoms with Crippen LogP contribution in [0.15, 0.2) is 48.9 Å². The molecular formula is C16H13Br3N2O4. The fourth-order valence-electron chi connectivity index (χ4n) is 1.73. The van der Waals surface area contributed by atoms with Crippen LogP contribution in [0.2, 0.25) is 0 Å². The van der Waals surface area contributed by atoms with E-state index in [1.165, 1.54) is 6.21 Å². The van der Waals surface area contributed by atoms with Gasteiger partial charge in [0.25, 0.3) is 5.91 Å². The number of carbonyl (C=O) groups is 1. The molecule has 2 rings (SSSR count). The Hall–Kier alpha value is -1.58. The highest BCUT2D eigenvalue weighted by atomic mass is 79.9. The summed E-state index contributed by atoms with van der Waals surface area (Å²) < 4.78 is 12.1. The smallest absolute Gasteiger partial charge is 0.277 e. The molecule has 0 spiro atoms. The predicted octanol–water partition coefficient (Wildman–Crippen LogP) is 4.22. The zero-order chi connectivity index (χ0) is 18.4. The molecule has 0 saturated heterocycles. The zero-order valence-corrected chi connectivity index (χ0v) is 17.7. The van der Waals surface area contributed by atoms with Crippen LogP contribution in [0, 0.1) is 0 Å². The summed E-state index contributed by atoms with van der Waals surface area (Å²) in [5, 5.41) is 13.7. The third-order valence-corrected chi connectivity index (χ3v) is 5.06. The van der Waals surface area contributed by atoms with Crippen molar-refractivity contribution in [3.05, 3.63) is 49.3 Å². The highest BCUT2D eigenvalue weighted by Gasteiger charge is 2.12. The van der Waals surface area contributed by atoms with E-state index in [9.17, 15) is 9.90 Å². The molecule has 0 fully saturated rings.